The molecule has 1 aromatic heterocycles. The molecule has 0 atom stereocenters. The minimum Gasteiger partial charge on any atom is -0.465 e. The van der Waals surface area contributed by atoms with Crippen LogP contribution in [0.3, 0.4) is 0 Å². The van der Waals surface area contributed by atoms with Crippen molar-refractivity contribution < 1.29 is 13.9 Å². The Bertz CT molecular complexity index is 540. The molecular formula is C12H10FN3O2. The van der Waals surface area contributed by atoms with Gasteiger partial charge in [0.2, 0.25) is 5.95 Å². The van der Waals surface area contributed by atoms with E-state index in [1.165, 1.54) is 7.11 Å². The lowest BCUT2D eigenvalue weighted by Crippen LogP contribution is -2.01. The quantitative estimate of drug-likeness (QED) is 0.842. The van der Waals surface area contributed by atoms with E-state index in [1.807, 2.05) is 0 Å². The highest BCUT2D eigenvalue weighted by molar-refractivity contribution is 5.89. The molecule has 0 aliphatic heterocycles. The number of ether oxygens (including phenoxy) is 1. The first-order valence-corrected chi connectivity index (χ1v) is 5.12. The molecule has 2 aromatic rings. The molecule has 0 bridgehead atoms. The molecule has 0 saturated carbocycles. The standard InChI is InChI=1S/C12H10FN3O2/c1-18-11(17)8-2-4-10(5-3-8)16-12-14-6-9(13)7-15-12/h2-7H,1H3,(H,14,15,16). The molecule has 18 heavy (non-hydrogen) atoms. The zero-order chi connectivity index (χ0) is 13.0. The van der Waals surface area contributed by atoms with Crippen molar-refractivity contribution in [3.05, 3.63) is 48.0 Å². The van der Waals surface area contributed by atoms with Crippen molar-refractivity contribution in [2.45, 2.75) is 0 Å². The molecule has 0 radical (unpaired) electrons. The van der Waals surface area contributed by atoms with E-state index in [4.69, 9.17) is 0 Å². The highest BCUT2D eigenvalue weighted by Gasteiger charge is 2.04. The topological polar surface area (TPSA) is 64.1 Å². The zero-order valence-electron chi connectivity index (χ0n) is 9.55. The third-order valence-corrected chi connectivity index (χ3v) is 2.18. The van der Waals surface area contributed by atoms with Gasteiger partial charge in [-0.15, -0.1) is 0 Å². The summed E-state index contributed by atoms with van der Waals surface area (Å²) < 4.78 is 17.2. The summed E-state index contributed by atoms with van der Waals surface area (Å²) in [5, 5.41) is 2.87. The summed E-state index contributed by atoms with van der Waals surface area (Å²) in [7, 11) is 1.32. The van der Waals surface area contributed by atoms with Crippen LogP contribution in [0, 0.1) is 5.82 Å². The van der Waals surface area contributed by atoms with Crippen LogP contribution >= 0.6 is 0 Å². The largest absolute Gasteiger partial charge is 0.465 e. The van der Waals surface area contributed by atoms with E-state index in [1.54, 1.807) is 24.3 Å². The monoisotopic (exact) mass is 247 g/mol. The smallest absolute Gasteiger partial charge is 0.337 e. The molecule has 0 fully saturated rings. The third-order valence-electron chi connectivity index (χ3n) is 2.18. The number of aromatic nitrogens is 2. The van der Waals surface area contributed by atoms with Gasteiger partial charge in [-0.05, 0) is 24.3 Å². The van der Waals surface area contributed by atoms with Gasteiger partial charge in [0.25, 0.3) is 0 Å². The number of hydrogen-bond donors (Lipinski definition) is 1. The van der Waals surface area contributed by atoms with Gasteiger partial charge in [0.15, 0.2) is 5.82 Å². The summed E-state index contributed by atoms with van der Waals surface area (Å²) in [5.41, 5.74) is 1.14. The van der Waals surface area contributed by atoms with Crippen LogP contribution in [0.5, 0.6) is 0 Å². The summed E-state index contributed by atoms with van der Waals surface area (Å²) >= 11 is 0. The predicted octanol–water partition coefficient (Wildman–Crippen LogP) is 2.15. The molecule has 1 heterocycles. The first kappa shape index (κ1) is 12.0. The summed E-state index contributed by atoms with van der Waals surface area (Å²) in [4.78, 5) is 18.7. The summed E-state index contributed by atoms with van der Waals surface area (Å²) in [6.07, 6.45) is 2.14. The Morgan fingerprint density at radius 3 is 2.39 bits per heavy atom. The molecule has 0 aliphatic rings. The maximum atomic E-state index is 12.6. The van der Waals surface area contributed by atoms with Crippen molar-refractivity contribution in [2.24, 2.45) is 0 Å². The van der Waals surface area contributed by atoms with Gasteiger partial charge in [-0.25, -0.2) is 19.2 Å². The van der Waals surface area contributed by atoms with Gasteiger partial charge in [-0.3, -0.25) is 0 Å². The van der Waals surface area contributed by atoms with Crippen LogP contribution in [0.4, 0.5) is 16.0 Å². The zero-order valence-corrected chi connectivity index (χ0v) is 9.55. The average molecular weight is 247 g/mol. The Hall–Kier alpha value is -2.50. The second-order valence-corrected chi connectivity index (χ2v) is 3.42. The Kier molecular flexibility index (Phi) is 3.47. The van der Waals surface area contributed by atoms with Crippen LogP contribution in [-0.4, -0.2) is 23.0 Å². The number of esters is 1. The van der Waals surface area contributed by atoms with Gasteiger partial charge < -0.3 is 10.1 Å². The number of halogens is 1. The molecule has 6 heteroatoms. The van der Waals surface area contributed by atoms with Gasteiger partial charge in [0.1, 0.15) is 0 Å². The molecule has 2 rings (SSSR count). The predicted molar refractivity (Wildman–Crippen MR) is 63.1 cm³/mol. The normalized spacial score (nSPS) is 9.89. The Labute approximate surface area is 103 Å². The van der Waals surface area contributed by atoms with Gasteiger partial charge in [0.05, 0.1) is 25.1 Å². The minimum absolute atomic E-state index is 0.280. The first-order chi connectivity index (χ1) is 8.69. The fourth-order valence-electron chi connectivity index (χ4n) is 1.31. The second kappa shape index (κ2) is 5.22. The number of hydrogen-bond acceptors (Lipinski definition) is 5. The minimum atomic E-state index is -0.499. The van der Waals surface area contributed by atoms with E-state index in [9.17, 15) is 9.18 Å². The molecule has 0 aliphatic carbocycles. The van der Waals surface area contributed by atoms with E-state index in [2.05, 4.69) is 20.0 Å². The first-order valence-electron chi connectivity index (χ1n) is 5.12. The van der Waals surface area contributed by atoms with Gasteiger partial charge >= 0.3 is 5.97 Å². The van der Waals surface area contributed by atoms with Crippen molar-refractivity contribution in [1.29, 1.82) is 0 Å². The van der Waals surface area contributed by atoms with Crippen LogP contribution < -0.4 is 5.32 Å². The van der Waals surface area contributed by atoms with Crippen LogP contribution in [0.1, 0.15) is 10.4 Å². The van der Waals surface area contributed by atoms with Crippen molar-refractivity contribution in [3.8, 4) is 0 Å². The van der Waals surface area contributed by atoms with Gasteiger partial charge in [-0.2, -0.15) is 0 Å². The molecule has 0 amide bonds. The summed E-state index contributed by atoms with van der Waals surface area (Å²) in [5.74, 6) is -0.622. The Morgan fingerprint density at radius 1 is 1.22 bits per heavy atom. The fourth-order valence-corrected chi connectivity index (χ4v) is 1.31. The lowest BCUT2D eigenvalue weighted by molar-refractivity contribution is 0.0601. The lowest BCUT2D eigenvalue weighted by Gasteiger charge is -2.05. The van der Waals surface area contributed by atoms with E-state index in [-0.39, 0.29) is 5.95 Å². The maximum absolute atomic E-state index is 12.6. The summed E-state index contributed by atoms with van der Waals surface area (Å²) in [6.45, 7) is 0. The van der Waals surface area contributed by atoms with E-state index in [0.717, 1.165) is 12.4 Å². The second-order valence-electron chi connectivity index (χ2n) is 3.42. The number of benzene rings is 1. The van der Waals surface area contributed by atoms with E-state index < -0.39 is 11.8 Å². The van der Waals surface area contributed by atoms with Crippen molar-refractivity contribution >= 4 is 17.6 Å². The molecular weight excluding hydrogens is 237 g/mol. The maximum Gasteiger partial charge on any atom is 0.337 e. The number of carbonyl (C=O) groups excluding carboxylic acids is 1. The molecule has 1 N–H and O–H groups in total. The third kappa shape index (κ3) is 2.79. The van der Waals surface area contributed by atoms with Crippen LogP contribution in [0.25, 0.3) is 0 Å². The molecule has 0 unspecified atom stereocenters. The number of methoxy groups -OCH3 is 1. The number of rotatable bonds is 3. The Morgan fingerprint density at radius 2 is 1.83 bits per heavy atom. The van der Waals surface area contributed by atoms with Crippen molar-refractivity contribution in [3.63, 3.8) is 0 Å². The highest BCUT2D eigenvalue weighted by atomic mass is 19.1. The summed E-state index contributed by atoms with van der Waals surface area (Å²) in [6, 6.07) is 6.58. The molecule has 0 saturated heterocycles. The number of nitrogens with one attached hydrogen (secondary N) is 1. The molecule has 0 spiro atoms. The molecule has 1 aromatic carbocycles. The van der Waals surface area contributed by atoms with E-state index in [0.29, 0.717) is 11.3 Å². The van der Waals surface area contributed by atoms with E-state index >= 15 is 0 Å². The average Bonchev–Trinajstić information content (AvgIpc) is 2.41. The SMILES string of the molecule is COC(=O)c1ccc(Nc2ncc(F)cn2)cc1. The van der Waals surface area contributed by atoms with Crippen molar-refractivity contribution in [2.75, 3.05) is 12.4 Å². The van der Waals surface area contributed by atoms with Crippen LogP contribution in [0.15, 0.2) is 36.7 Å². The Balaban J connectivity index is 2.10. The van der Waals surface area contributed by atoms with Gasteiger partial charge in [0, 0.05) is 5.69 Å². The van der Waals surface area contributed by atoms with Crippen LogP contribution in [-0.2, 0) is 4.74 Å². The van der Waals surface area contributed by atoms with Crippen molar-refractivity contribution in [1.82, 2.24) is 9.97 Å². The highest BCUT2D eigenvalue weighted by Crippen LogP contribution is 2.14. The van der Waals surface area contributed by atoms with Crippen LogP contribution in [0.2, 0.25) is 0 Å². The number of anilines is 2. The van der Waals surface area contributed by atoms with Gasteiger partial charge in [-0.1, -0.05) is 0 Å². The molecule has 5 nitrogen and oxygen atoms in total. The molecule has 92 valence electrons. The lowest BCUT2D eigenvalue weighted by atomic mass is 10.2. The number of nitrogens with zero attached hydrogens (tertiary/aromatic N) is 2. The fraction of sp³-hybridized carbons (Fsp3) is 0.0833. The number of carbonyl (C=O) groups is 1.